The van der Waals surface area contributed by atoms with Gasteiger partial charge in [0.25, 0.3) is 0 Å². The molecule has 2 atom stereocenters. The highest BCUT2D eigenvalue weighted by molar-refractivity contribution is 5.93. The Bertz CT molecular complexity index is 1360. The van der Waals surface area contributed by atoms with Gasteiger partial charge < -0.3 is 29.4 Å². The van der Waals surface area contributed by atoms with Crippen LogP contribution in [-0.4, -0.2) is 76.6 Å². The highest BCUT2D eigenvalue weighted by atomic mass is 16.5. The maximum Gasteiger partial charge on any atom is 0.229 e. The Morgan fingerprint density at radius 2 is 1.65 bits per heavy atom. The van der Waals surface area contributed by atoms with Crippen LogP contribution in [0.1, 0.15) is 13.8 Å². The number of rotatable bonds is 3. The maximum absolute atomic E-state index is 9.95. The zero-order valence-corrected chi connectivity index (χ0v) is 19.4. The molecule has 2 aliphatic heterocycles. The molecule has 1 aromatic carbocycles. The van der Waals surface area contributed by atoms with Gasteiger partial charge >= 0.3 is 0 Å². The van der Waals surface area contributed by atoms with Crippen molar-refractivity contribution in [2.75, 3.05) is 49.3 Å². The van der Waals surface area contributed by atoms with Crippen LogP contribution in [0, 0.1) is 0 Å². The number of aromatic nitrogens is 4. The number of benzene rings is 1. The second-order valence-electron chi connectivity index (χ2n) is 9.09. The van der Waals surface area contributed by atoms with E-state index in [0.29, 0.717) is 38.0 Å². The first kappa shape index (κ1) is 21.1. The number of aromatic hydroxyl groups is 1. The Kier molecular flexibility index (Phi) is 5.23. The van der Waals surface area contributed by atoms with Crippen molar-refractivity contribution in [2.24, 2.45) is 0 Å². The molecular weight excluding hydrogens is 432 g/mol. The van der Waals surface area contributed by atoms with E-state index in [1.807, 2.05) is 24.3 Å². The van der Waals surface area contributed by atoms with E-state index in [-0.39, 0.29) is 18.0 Å². The van der Waals surface area contributed by atoms with E-state index in [0.717, 1.165) is 46.3 Å². The van der Waals surface area contributed by atoms with Gasteiger partial charge in [-0.25, -0.2) is 4.98 Å². The number of ether oxygens (including phenoxy) is 2. The first-order valence-corrected chi connectivity index (χ1v) is 11.8. The summed E-state index contributed by atoms with van der Waals surface area (Å²) in [5.74, 6) is 1.77. The molecule has 0 amide bonds. The molecule has 0 aliphatic carbocycles. The van der Waals surface area contributed by atoms with Gasteiger partial charge in [0, 0.05) is 35.6 Å². The van der Waals surface area contributed by atoms with Crippen LogP contribution in [-0.2, 0) is 9.47 Å². The smallest absolute Gasteiger partial charge is 0.229 e. The van der Waals surface area contributed by atoms with Gasteiger partial charge in [-0.15, -0.1) is 0 Å². The number of nitrogens with zero attached hydrogens (tertiary/aromatic N) is 5. The fourth-order valence-electron chi connectivity index (χ4n) is 4.84. The number of fused-ring (bicyclic) bond motifs is 2. The van der Waals surface area contributed by atoms with E-state index in [1.54, 1.807) is 6.20 Å². The minimum atomic E-state index is 0.175. The number of hydrogen-bond acceptors (Lipinski definition) is 8. The number of aromatic amines is 1. The highest BCUT2D eigenvalue weighted by Crippen LogP contribution is 2.33. The number of nitrogens with one attached hydrogen (secondary N) is 1. The molecule has 0 unspecified atom stereocenters. The monoisotopic (exact) mass is 460 g/mol. The van der Waals surface area contributed by atoms with Gasteiger partial charge in [0.05, 0.1) is 49.6 Å². The SMILES string of the molecule is C[C@H]1COCCN1c1nc(N2CCOC[C@@H]2C)c2ccc(-c3ccc4c(O)[nH]cc4c3)nc2n1. The molecule has 176 valence electrons. The summed E-state index contributed by atoms with van der Waals surface area (Å²) < 4.78 is 11.3. The number of morpholine rings is 2. The molecule has 0 spiro atoms. The van der Waals surface area contributed by atoms with Gasteiger partial charge in [-0.3, -0.25) is 0 Å². The van der Waals surface area contributed by atoms with Crippen LogP contribution in [0.3, 0.4) is 0 Å². The molecule has 2 saturated heterocycles. The van der Waals surface area contributed by atoms with E-state index < -0.39 is 0 Å². The van der Waals surface area contributed by atoms with E-state index in [9.17, 15) is 5.11 Å². The van der Waals surface area contributed by atoms with Crippen molar-refractivity contribution in [1.82, 2.24) is 19.9 Å². The third-order valence-corrected chi connectivity index (χ3v) is 6.76. The van der Waals surface area contributed by atoms with E-state index in [4.69, 9.17) is 24.4 Å². The van der Waals surface area contributed by atoms with Crippen LogP contribution in [0.25, 0.3) is 33.1 Å². The first-order chi connectivity index (χ1) is 16.6. The average Bonchev–Trinajstić information content (AvgIpc) is 3.23. The van der Waals surface area contributed by atoms with Crippen molar-refractivity contribution >= 4 is 33.6 Å². The summed E-state index contributed by atoms with van der Waals surface area (Å²) in [5.41, 5.74) is 2.47. The number of hydrogen-bond donors (Lipinski definition) is 2. The Labute approximate surface area is 197 Å². The Morgan fingerprint density at radius 1 is 0.912 bits per heavy atom. The lowest BCUT2D eigenvalue weighted by Gasteiger charge is -2.37. The molecule has 9 heteroatoms. The molecule has 0 radical (unpaired) electrons. The van der Waals surface area contributed by atoms with Crippen molar-refractivity contribution in [1.29, 1.82) is 0 Å². The van der Waals surface area contributed by atoms with Crippen LogP contribution in [0.2, 0.25) is 0 Å². The van der Waals surface area contributed by atoms with Crippen LogP contribution < -0.4 is 9.80 Å². The van der Waals surface area contributed by atoms with Crippen LogP contribution in [0.5, 0.6) is 5.88 Å². The number of H-pyrrole nitrogens is 1. The number of anilines is 2. The lowest BCUT2D eigenvalue weighted by molar-refractivity contribution is 0.0973. The zero-order valence-electron chi connectivity index (χ0n) is 19.4. The normalized spacial score (nSPS) is 21.5. The minimum absolute atomic E-state index is 0.175. The van der Waals surface area contributed by atoms with Gasteiger partial charge in [0.2, 0.25) is 5.95 Å². The predicted molar refractivity (Wildman–Crippen MR) is 132 cm³/mol. The average molecular weight is 461 g/mol. The van der Waals surface area contributed by atoms with Crippen LogP contribution in [0.4, 0.5) is 11.8 Å². The molecule has 2 fully saturated rings. The van der Waals surface area contributed by atoms with Crippen LogP contribution >= 0.6 is 0 Å². The quantitative estimate of drug-likeness (QED) is 0.480. The van der Waals surface area contributed by atoms with Gasteiger partial charge in [-0.1, -0.05) is 6.07 Å². The second kappa shape index (κ2) is 8.41. The molecule has 2 N–H and O–H groups in total. The standard InChI is InChI=1S/C25H28N6O3/c1-15-13-33-9-7-30(15)23-20-5-6-21(17-3-4-19-18(11-17)12-26-24(19)32)27-22(20)28-25(29-23)31-8-10-34-14-16(31)2/h3-6,11-12,15-16,26,32H,7-10,13-14H2,1-2H3/t15-,16-/m0/s1. The molecule has 5 heterocycles. The summed E-state index contributed by atoms with van der Waals surface area (Å²) in [6.07, 6.45) is 1.80. The summed E-state index contributed by atoms with van der Waals surface area (Å²) in [4.78, 5) is 22.3. The first-order valence-electron chi connectivity index (χ1n) is 11.8. The van der Waals surface area contributed by atoms with Crippen molar-refractivity contribution in [3.8, 4) is 17.1 Å². The summed E-state index contributed by atoms with van der Waals surface area (Å²) in [5, 5.41) is 12.6. The summed E-state index contributed by atoms with van der Waals surface area (Å²) in [6.45, 7) is 8.48. The molecule has 3 aromatic heterocycles. The highest BCUT2D eigenvalue weighted by Gasteiger charge is 2.27. The molecular formula is C25H28N6O3. The van der Waals surface area contributed by atoms with E-state index in [1.165, 1.54) is 0 Å². The third kappa shape index (κ3) is 3.61. The fraction of sp³-hybridized carbons (Fsp3) is 0.400. The lowest BCUT2D eigenvalue weighted by Crippen LogP contribution is -2.46. The summed E-state index contributed by atoms with van der Waals surface area (Å²) >= 11 is 0. The third-order valence-electron chi connectivity index (χ3n) is 6.76. The molecule has 6 rings (SSSR count). The maximum atomic E-state index is 9.95. The lowest BCUT2D eigenvalue weighted by atomic mass is 10.1. The largest absolute Gasteiger partial charge is 0.494 e. The number of pyridine rings is 1. The topological polar surface area (TPSA) is 99.6 Å². The van der Waals surface area contributed by atoms with Crippen molar-refractivity contribution in [3.05, 3.63) is 36.5 Å². The Balaban J connectivity index is 1.49. The van der Waals surface area contributed by atoms with Crippen LogP contribution in [0.15, 0.2) is 36.5 Å². The zero-order chi connectivity index (χ0) is 23.2. The Hall–Kier alpha value is -3.43. The Morgan fingerprint density at radius 3 is 2.41 bits per heavy atom. The molecule has 4 aromatic rings. The molecule has 0 bridgehead atoms. The van der Waals surface area contributed by atoms with Gasteiger partial charge in [0.15, 0.2) is 11.5 Å². The van der Waals surface area contributed by atoms with Crippen molar-refractivity contribution < 1.29 is 14.6 Å². The molecule has 9 nitrogen and oxygen atoms in total. The molecule has 34 heavy (non-hydrogen) atoms. The fourth-order valence-corrected chi connectivity index (χ4v) is 4.84. The summed E-state index contributed by atoms with van der Waals surface area (Å²) in [6, 6.07) is 10.4. The van der Waals surface area contributed by atoms with Crippen molar-refractivity contribution in [3.63, 3.8) is 0 Å². The minimum Gasteiger partial charge on any atom is -0.494 e. The van der Waals surface area contributed by atoms with Gasteiger partial charge in [-0.2, -0.15) is 9.97 Å². The summed E-state index contributed by atoms with van der Waals surface area (Å²) in [7, 11) is 0. The molecule has 0 saturated carbocycles. The predicted octanol–water partition coefficient (Wildman–Crippen LogP) is 3.33. The van der Waals surface area contributed by atoms with Crippen molar-refractivity contribution in [2.45, 2.75) is 25.9 Å². The van der Waals surface area contributed by atoms with Gasteiger partial charge in [0.1, 0.15) is 5.82 Å². The van der Waals surface area contributed by atoms with E-state index >= 15 is 0 Å². The van der Waals surface area contributed by atoms with Gasteiger partial charge in [-0.05, 0) is 38.1 Å². The van der Waals surface area contributed by atoms with E-state index in [2.05, 4.69) is 34.7 Å². The second-order valence-corrected chi connectivity index (χ2v) is 9.09. The molecule has 2 aliphatic rings.